The number of piperidine rings is 1. The molecular weight excluding hydrogens is 270 g/mol. The second kappa shape index (κ2) is 5.67. The number of nitrogens with zero attached hydrogens (tertiary/aromatic N) is 5. The Labute approximate surface area is 122 Å². The van der Waals surface area contributed by atoms with Gasteiger partial charge in [-0.15, -0.1) is 0 Å². The van der Waals surface area contributed by atoms with E-state index in [4.69, 9.17) is 4.52 Å². The summed E-state index contributed by atoms with van der Waals surface area (Å²) >= 11 is 0. The molecule has 0 N–H and O–H groups in total. The van der Waals surface area contributed by atoms with E-state index in [1.54, 1.807) is 24.0 Å². The number of aromatic nitrogens is 4. The average molecular weight is 289 g/mol. The molecule has 0 bridgehead atoms. The Kier molecular flexibility index (Phi) is 3.72. The molecule has 0 aliphatic carbocycles. The smallest absolute Gasteiger partial charge is 0.257 e. The number of hydrogen-bond acceptors (Lipinski definition) is 5. The lowest BCUT2D eigenvalue weighted by Gasteiger charge is -2.33. The average Bonchev–Trinajstić information content (AvgIpc) is 3.15. The zero-order chi connectivity index (χ0) is 14.8. The Hall–Kier alpha value is -2.18. The second-order valence-electron chi connectivity index (χ2n) is 5.27. The molecule has 3 heterocycles. The van der Waals surface area contributed by atoms with Gasteiger partial charge < -0.3 is 9.42 Å². The number of aryl methyl sites for hydroxylation is 2. The second-order valence-corrected chi connectivity index (χ2v) is 5.27. The van der Waals surface area contributed by atoms with Crippen LogP contribution in [0.4, 0.5) is 0 Å². The molecule has 7 nitrogen and oxygen atoms in total. The SMILES string of the molecule is CCn1cc(C(=O)N2CCCC[C@H]2c2nc(C)no2)cn1. The van der Waals surface area contributed by atoms with Crippen molar-refractivity contribution in [2.75, 3.05) is 6.54 Å². The van der Waals surface area contributed by atoms with Crippen molar-refractivity contribution >= 4 is 5.91 Å². The number of hydrogen-bond donors (Lipinski definition) is 0. The highest BCUT2D eigenvalue weighted by Gasteiger charge is 2.32. The number of likely N-dealkylation sites (tertiary alicyclic amines) is 1. The van der Waals surface area contributed by atoms with E-state index in [1.165, 1.54) is 0 Å². The zero-order valence-corrected chi connectivity index (χ0v) is 12.3. The van der Waals surface area contributed by atoms with Gasteiger partial charge in [-0.05, 0) is 33.1 Å². The van der Waals surface area contributed by atoms with Crippen LogP contribution in [0.15, 0.2) is 16.9 Å². The number of carbonyl (C=O) groups is 1. The molecule has 112 valence electrons. The van der Waals surface area contributed by atoms with Gasteiger partial charge >= 0.3 is 0 Å². The van der Waals surface area contributed by atoms with Crippen molar-refractivity contribution in [2.24, 2.45) is 0 Å². The van der Waals surface area contributed by atoms with Crippen LogP contribution in [-0.2, 0) is 6.54 Å². The summed E-state index contributed by atoms with van der Waals surface area (Å²) in [6, 6.07) is -0.127. The molecule has 0 radical (unpaired) electrons. The monoisotopic (exact) mass is 289 g/mol. The summed E-state index contributed by atoms with van der Waals surface area (Å²) in [4.78, 5) is 18.8. The Balaban J connectivity index is 1.85. The predicted octanol–water partition coefficient (Wildman–Crippen LogP) is 1.96. The molecule has 2 aromatic rings. The van der Waals surface area contributed by atoms with Gasteiger partial charge in [0.05, 0.1) is 11.8 Å². The van der Waals surface area contributed by atoms with Crippen LogP contribution in [0.5, 0.6) is 0 Å². The minimum Gasteiger partial charge on any atom is -0.337 e. The summed E-state index contributed by atoms with van der Waals surface area (Å²) in [6.07, 6.45) is 6.32. The van der Waals surface area contributed by atoms with E-state index in [2.05, 4.69) is 15.2 Å². The summed E-state index contributed by atoms with van der Waals surface area (Å²) in [6.45, 7) is 5.24. The van der Waals surface area contributed by atoms with Crippen LogP contribution in [0.25, 0.3) is 0 Å². The Morgan fingerprint density at radius 3 is 3.00 bits per heavy atom. The summed E-state index contributed by atoms with van der Waals surface area (Å²) in [5.41, 5.74) is 0.611. The van der Waals surface area contributed by atoms with Crippen LogP contribution in [0.2, 0.25) is 0 Å². The lowest BCUT2D eigenvalue weighted by Crippen LogP contribution is -2.38. The van der Waals surface area contributed by atoms with Gasteiger partial charge in [-0.3, -0.25) is 9.48 Å². The number of amides is 1. The van der Waals surface area contributed by atoms with Gasteiger partial charge in [-0.2, -0.15) is 10.1 Å². The first-order chi connectivity index (χ1) is 10.2. The van der Waals surface area contributed by atoms with Gasteiger partial charge in [-0.1, -0.05) is 5.16 Å². The van der Waals surface area contributed by atoms with Crippen molar-refractivity contribution in [2.45, 2.75) is 45.7 Å². The Morgan fingerprint density at radius 2 is 2.33 bits per heavy atom. The molecule has 3 rings (SSSR count). The number of rotatable bonds is 3. The maximum Gasteiger partial charge on any atom is 0.257 e. The summed E-state index contributed by atoms with van der Waals surface area (Å²) in [5, 5.41) is 8.01. The van der Waals surface area contributed by atoms with Crippen LogP contribution >= 0.6 is 0 Å². The predicted molar refractivity (Wildman–Crippen MR) is 74.6 cm³/mol. The third-order valence-electron chi connectivity index (χ3n) is 3.80. The van der Waals surface area contributed by atoms with Crippen molar-refractivity contribution < 1.29 is 9.32 Å². The van der Waals surface area contributed by atoms with Crippen LogP contribution in [-0.4, -0.2) is 37.3 Å². The molecular formula is C14H19N5O2. The fourth-order valence-corrected chi connectivity index (χ4v) is 2.69. The van der Waals surface area contributed by atoms with E-state index in [9.17, 15) is 4.79 Å². The molecule has 1 atom stereocenters. The molecule has 1 aliphatic heterocycles. The van der Waals surface area contributed by atoms with Crippen LogP contribution in [0.1, 0.15) is 54.3 Å². The van der Waals surface area contributed by atoms with Crippen molar-refractivity contribution in [3.63, 3.8) is 0 Å². The van der Waals surface area contributed by atoms with E-state index in [-0.39, 0.29) is 11.9 Å². The molecule has 7 heteroatoms. The van der Waals surface area contributed by atoms with Crippen molar-refractivity contribution in [1.82, 2.24) is 24.8 Å². The molecule has 0 aromatic carbocycles. The maximum atomic E-state index is 12.7. The van der Waals surface area contributed by atoms with E-state index < -0.39 is 0 Å². The third-order valence-corrected chi connectivity index (χ3v) is 3.80. The van der Waals surface area contributed by atoms with Crippen molar-refractivity contribution in [3.8, 4) is 0 Å². The third kappa shape index (κ3) is 2.68. The topological polar surface area (TPSA) is 77.0 Å². The summed E-state index contributed by atoms with van der Waals surface area (Å²) < 4.78 is 7.02. The minimum atomic E-state index is -0.127. The van der Waals surface area contributed by atoms with Crippen LogP contribution < -0.4 is 0 Å². The first-order valence-corrected chi connectivity index (χ1v) is 7.32. The molecule has 0 saturated carbocycles. The Bertz CT molecular complexity index is 633. The molecule has 1 amide bonds. The lowest BCUT2D eigenvalue weighted by molar-refractivity contribution is 0.0561. The quantitative estimate of drug-likeness (QED) is 0.863. The number of carbonyl (C=O) groups excluding carboxylic acids is 1. The fourth-order valence-electron chi connectivity index (χ4n) is 2.69. The van der Waals surface area contributed by atoms with E-state index in [1.807, 2.05) is 11.8 Å². The molecule has 21 heavy (non-hydrogen) atoms. The molecule has 1 fully saturated rings. The fraction of sp³-hybridized carbons (Fsp3) is 0.571. The van der Waals surface area contributed by atoms with Crippen molar-refractivity contribution in [1.29, 1.82) is 0 Å². The molecule has 1 aliphatic rings. The standard InChI is InChI=1S/C14H19N5O2/c1-3-18-9-11(8-15-18)14(20)19-7-5-4-6-12(19)13-16-10(2)17-21-13/h8-9,12H,3-7H2,1-2H3/t12-/m0/s1. The van der Waals surface area contributed by atoms with E-state index in [0.717, 1.165) is 25.8 Å². The highest BCUT2D eigenvalue weighted by atomic mass is 16.5. The maximum absolute atomic E-state index is 12.7. The van der Waals surface area contributed by atoms with Gasteiger partial charge in [0.15, 0.2) is 5.82 Å². The van der Waals surface area contributed by atoms with E-state index in [0.29, 0.717) is 23.8 Å². The van der Waals surface area contributed by atoms with Crippen molar-refractivity contribution in [3.05, 3.63) is 29.7 Å². The summed E-state index contributed by atoms with van der Waals surface area (Å²) in [7, 11) is 0. The zero-order valence-electron chi connectivity index (χ0n) is 12.3. The van der Waals surface area contributed by atoms with Gasteiger partial charge in [0.25, 0.3) is 5.91 Å². The van der Waals surface area contributed by atoms with Crippen LogP contribution in [0.3, 0.4) is 0 Å². The molecule has 1 saturated heterocycles. The first-order valence-electron chi connectivity index (χ1n) is 7.32. The van der Waals surface area contributed by atoms with Gasteiger partial charge in [0, 0.05) is 19.3 Å². The van der Waals surface area contributed by atoms with Crippen LogP contribution in [0, 0.1) is 6.92 Å². The largest absolute Gasteiger partial charge is 0.337 e. The molecule has 0 spiro atoms. The first kappa shape index (κ1) is 13.8. The van der Waals surface area contributed by atoms with E-state index >= 15 is 0 Å². The molecule has 2 aromatic heterocycles. The van der Waals surface area contributed by atoms with Gasteiger partial charge in [-0.25, -0.2) is 0 Å². The highest BCUT2D eigenvalue weighted by Crippen LogP contribution is 2.31. The molecule has 0 unspecified atom stereocenters. The lowest BCUT2D eigenvalue weighted by atomic mass is 10.0. The van der Waals surface area contributed by atoms with Gasteiger partial charge in [0.2, 0.25) is 5.89 Å². The van der Waals surface area contributed by atoms with Gasteiger partial charge in [0.1, 0.15) is 6.04 Å². The summed E-state index contributed by atoms with van der Waals surface area (Å²) in [5.74, 6) is 1.11. The normalized spacial score (nSPS) is 19.0. The highest BCUT2D eigenvalue weighted by molar-refractivity contribution is 5.94. The Morgan fingerprint density at radius 1 is 1.48 bits per heavy atom. The minimum absolute atomic E-state index is 0.0183.